The van der Waals surface area contributed by atoms with Gasteiger partial charge in [-0.15, -0.1) is 0 Å². The van der Waals surface area contributed by atoms with Crippen LogP contribution < -0.4 is 4.90 Å². The zero-order chi connectivity index (χ0) is 21.5. The summed E-state index contributed by atoms with van der Waals surface area (Å²) in [7, 11) is 0. The molecule has 0 bridgehead atoms. The first-order valence-corrected chi connectivity index (χ1v) is 9.70. The van der Waals surface area contributed by atoms with Crippen LogP contribution in [0.3, 0.4) is 0 Å². The smallest absolute Gasteiger partial charge is 0.416 e. The maximum Gasteiger partial charge on any atom is 0.416 e. The summed E-state index contributed by atoms with van der Waals surface area (Å²) in [4.78, 5) is 28.9. The SMILES string of the molecule is CC1(C(=O)N2CCN(c3cccc(C(F)(F)F)c3)CC2)Cc2ccccc2C(=O)O1. The quantitative estimate of drug-likeness (QED) is 0.701. The molecule has 8 heteroatoms. The van der Waals surface area contributed by atoms with Gasteiger partial charge in [-0.25, -0.2) is 4.79 Å². The van der Waals surface area contributed by atoms with Crippen molar-refractivity contribution in [2.45, 2.75) is 25.1 Å². The molecule has 4 rings (SSSR count). The minimum Gasteiger partial charge on any atom is -0.445 e. The third-order valence-electron chi connectivity index (χ3n) is 5.64. The van der Waals surface area contributed by atoms with Gasteiger partial charge in [-0.1, -0.05) is 24.3 Å². The van der Waals surface area contributed by atoms with Crippen molar-refractivity contribution in [3.63, 3.8) is 0 Å². The van der Waals surface area contributed by atoms with E-state index in [0.717, 1.165) is 17.7 Å². The number of rotatable bonds is 2. The van der Waals surface area contributed by atoms with E-state index in [-0.39, 0.29) is 5.91 Å². The maximum atomic E-state index is 13.1. The Morgan fingerprint density at radius 1 is 1.03 bits per heavy atom. The molecule has 0 spiro atoms. The van der Waals surface area contributed by atoms with Crippen LogP contribution in [0, 0.1) is 0 Å². The minimum absolute atomic E-state index is 0.283. The minimum atomic E-state index is -4.40. The Morgan fingerprint density at radius 2 is 1.73 bits per heavy atom. The number of cyclic esters (lactones) is 1. The number of ether oxygens (including phenoxy) is 1. The van der Waals surface area contributed by atoms with Gasteiger partial charge in [0.25, 0.3) is 5.91 Å². The molecule has 2 aromatic carbocycles. The number of piperazine rings is 1. The lowest BCUT2D eigenvalue weighted by molar-refractivity contribution is -0.151. The molecule has 0 aliphatic carbocycles. The van der Waals surface area contributed by atoms with Crippen molar-refractivity contribution in [3.8, 4) is 0 Å². The highest BCUT2D eigenvalue weighted by atomic mass is 19.4. The highest BCUT2D eigenvalue weighted by Gasteiger charge is 2.45. The van der Waals surface area contributed by atoms with Gasteiger partial charge < -0.3 is 14.5 Å². The standard InChI is InChI=1S/C22H21F3N2O3/c1-21(14-15-5-2-3-8-18(15)19(28)30-21)20(29)27-11-9-26(10-12-27)17-7-4-6-16(13-17)22(23,24)25/h2-8,13H,9-12,14H2,1H3. The van der Waals surface area contributed by atoms with Crippen molar-refractivity contribution in [1.29, 1.82) is 0 Å². The number of esters is 1. The summed E-state index contributed by atoms with van der Waals surface area (Å²) < 4.78 is 44.4. The number of carbonyl (C=O) groups is 2. The summed E-state index contributed by atoms with van der Waals surface area (Å²) in [5.74, 6) is -0.802. The predicted octanol–water partition coefficient (Wildman–Crippen LogP) is 3.53. The second-order valence-electron chi connectivity index (χ2n) is 7.78. The van der Waals surface area contributed by atoms with Crippen LogP contribution in [0.4, 0.5) is 18.9 Å². The van der Waals surface area contributed by atoms with Crippen molar-refractivity contribution < 1.29 is 27.5 Å². The third kappa shape index (κ3) is 3.74. The van der Waals surface area contributed by atoms with E-state index in [2.05, 4.69) is 0 Å². The zero-order valence-corrected chi connectivity index (χ0v) is 16.4. The number of halogens is 3. The summed E-state index contributed by atoms with van der Waals surface area (Å²) in [6.45, 7) is 3.08. The fourth-order valence-electron chi connectivity index (χ4n) is 4.03. The van der Waals surface area contributed by atoms with Crippen LogP contribution in [-0.4, -0.2) is 48.6 Å². The van der Waals surface area contributed by atoms with Crippen molar-refractivity contribution >= 4 is 17.6 Å². The van der Waals surface area contributed by atoms with Gasteiger partial charge in [-0.3, -0.25) is 4.79 Å². The maximum absolute atomic E-state index is 13.1. The lowest BCUT2D eigenvalue weighted by atomic mass is 9.88. The molecule has 2 aliphatic rings. The van der Waals surface area contributed by atoms with Crippen molar-refractivity contribution in [1.82, 2.24) is 4.90 Å². The number of hydrogen-bond acceptors (Lipinski definition) is 4. The predicted molar refractivity (Wildman–Crippen MR) is 104 cm³/mol. The van der Waals surface area contributed by atoms with E-state index in [9.17, 15) is 22.8 Å². The fraction of sp³-hybridized carbons (Fsp3) is 0.364. The van der Waals surface area contributed by atoms with E-state index in [4.69, 9.17) is 4.74 Å². The molecule has 0 N–H and O–H groups in total. The first-order chi connectivity index (χ1) is 14.2. The molecule has 1 saturated heterocycles. The average Bonchev–Trinajstić information content (AvgIpc) is 2.73. The molecule has 0 saturated carbocycles. The fourth-order valence-corrected chi connectivity index (χ4v) is 4.03. The van der Waals surface area contributed by atoms with Crippen molar-refractivity contribution in [3.05, 3.63) is 65.2 Å². The number of alkyl halides is 3. The molecule has 1 fully saturated rings. The van der Waals surface area contributed by atoms with E-state index >= 15 is 0 Å². The molecule has 158 valence electrons. The van der Waals surface area contributed by atoms with Gasteiger partial charge in [-0.05, 0) is 36.8 Å². The van der Waals surface area contributed by atoms with Gasteiger partial charge in [0.05, 0.1) is 11.1 Å². The summed E-state index contributed by atoms with van der Waals surface area (Å²) in [5.41, 5.74) is -0.270. The van der Waals surface area contributed by atoms with Gasteiger partial charge >= 0.3 is 12.1 Å². The molecule has 1 atom stereocenters. The molecule has 1 amide bonds. The molecule has 2 heterocycles. The Bertz CT molecular complexity index is 984. The number of amides is 1. The van der Waals surface area contributed by atoms with Crippen LogP contribution >= 0.6 is 0 Å². The zero-order valence-electron chi connectivity index (χ0n) is 16.4. The monoisotopic (exact) mass is 418 g/mol. The third-order valence-corrected chi connectivity index (χ3v) is 5.64. The molecule has 5 nitrogen and oxygen atoms in total. The van der Waals surface area contributed by atoms with E-state index in [1.807, 2.05) is 17.0 Å². The number of benzene rings is 2. The summed E-state index contributed by atoms with van der Waals surface area (Å²) >= 11 is 0. The van der Waals surface area contributed by atoms with Crippen LogP contribution in [-0.2, 0) is 22.1 Å². The van der Waals surface area contributed by atoms with Crippen LogP contribution in [0.1, 0.15) is 28.4 Å². The Balaban J connectivity index is 1.45. The molecular formula is C22H21F3N2O3. The van der Waals surface area contributed by atoms with Gasteiger partial charge in [0.2, 0.25) is 0 Å². The molecule has 1 unspecified atom stereocenters. The lowest BCUT2D eigenvalue weighted by Crippen LogP contribution is -2.58. The van der Waals surface area contributed by atoms with Crippen LogP contribution in [0.2, 0.25) is 0 Å². The Labute approximate surface area is 172 Å². The highest BCUT2D eigenvalue weighted by Crippen LogP contribution is 2.33. The number of anilines is 1. The number of nitrogens with zero attached hydrogens (tertiary/aromatic N) is 2. The molecule has 2 aliphatic heterocycles. The summed E-state index contributed by atoms with van der Waals surface area (Å²) in [5, 5.41) is 0. The topological polar surface area (TPSA) is 49.9 Å². The second kappa shape index (κ2) is 7.34. The summed E-state index contributed by atoms with van der Waals surface area (Å²) in [6.07, 6.45) is -4.11. The number of fused-ring (bicyclic) bond motifs is 1. The lowest BCUT2D eigenvalue weighted by Gasteiger charge is -2.41. The molecule has 0 aromatic heterocycles. The second-order valence-corrected chi connectivity index (χ2v) is 7.78. The van der Waals surface area contributed by atoms with Gasteiger partial charge in [-0.2, -0.15) is 13.2 Å². The van der Waals surface area contributed by atoms with Gasteiger partial charge in [0, 0.05) is 38.3 Å². The Hall–Kier alpha value is -3.03. The Kier molecular flexibility index (Phi) is 4.95. The van der Waals surface area contributed by atoms with Gasteiger partial charge in [0.1, 0.15) is 0 Å². The van der Waals surface area contributed by atoms with E-state index in [0.29, 0.717) is 43.9 Å². The highest BCUT2D eigenvalue weighted by molar-refractivity contribution is 5.97. The molecule has 0 radical (unpaired) electrons. The largest absolute Gasteiger partial charge is 0.445 e. The first kappa shape index (κ1) is 20.3. The van der Waals surface area contributed by atoms with E-state index in [1.165, 1.54) is 6.07 Å². The number of carbonyl (C=O) groups excluding carboxylic acids is 2. The molecular weight excluding hydrogens is 397 g/mol. The molecule has 30 heavy (non-hydrogen) atoms. The molecule has 2 aromatic rings. The van der Waals surface area contributed by atoms with E-state index < -0.39 is 23.3 Å². The Morgan fingerprint density at radius 3 is 2.43 bits per heavy atom. The van der Waals surface area contributed by atoms with Gasteiger partial charge in [0.15, 0.2) is 5.60 Å². The van der Waals surface area contributed by atoms with E-state index in [1.54, 1.807) is 30.0 Å². The summed E-state index contributed by atoms with van der Waals surface area (Å²) in [6, 6.07) is 12.2. The number of hydrogen-bond donors (Lipinski definition) is 0. The normalized spacial score (nSPS) is 21.8. The van der Waals surface area contributed by atoms with Crippen LogP contribution in [0.5, 0.6) is 0 Å². The first-order valence-electron chi connectivity index (χ1n) is 9.70. The average molecular weight is 418 g/mol. The van der Waals surface area contributed by atoms with Crippen molar-refractivity contribution in [2.75, 3.05) is 31.1 Å². The van der Waals surface area contributed by atoms with Crippen LogP contribution in [0.25, 0.3) is 0 Å². The van der Waals surface area contributed by atoms with Crippen molar-refractivity contribution in [2.24, 2.45) is 0 Å². The van der Waals surface area contributed by atoms with Crippen LogP contribution in [0.15, 0.2) is 48.5 Å².